The number of ether oxygens (including phenoxy) is 1. The van der Waals surface area contributed by atoms with Crippen molar-refractivity contribution < 1.29 is 24.5 Å². The molecule has 0 radical (unpaired) electrons. The van der Waals surface area contributed by atoms with Gasteiger partial charge in [-0.05, 0) is 51.4 Å². The molecule has 0 aromatic heterocycles. The van der Waals surface area contributed by atoms with Crippen molar-refractivity contribution in [3.05, 3.63) is 12.2 Å². The Bertz CT molecular complexity index is 1290. The first-order valence-electron chi connectivity index (χ1n) is 39.4. The van der Waals surface area contributed by atoms with Crippen LogP contribution in [0.3, 0.4) is 0 Å². The van der Waals surface area contributed by atoms with E-state index in [1.807, 2.05) is 0 Å². The van der Waals surface area contributed by atoms with Crippen LogP contribution in [0.5, 0.6) is 0 Å². The summed E-state index contributed by atoms with van der Waals surface area (Å²) >= 11 is 0. The molecule has 85 heavy (non-hydrogen) atoms. The molecule has 6 heteroatoms. The molecule has 3 N–H and O–H groups in total. The summed E-state index contributed by atoms with van der Waals surface area (Å²) < 4.78 is 5.48. The third kappa shape index (κ3) is 71.6. The van der Waals surface area contributed by atoms with Crippen molar-refractivity contribution in [1.29, 1.82) is 0 Å². The lowest BCUT2D eigenvalue weighted by Crippen LogP contribution is -2.45. The van der Waals surface area contributed by atoms with Gasteiger partial charge in [-0.2, -0.15) is 0 Å². The Labute approximate surface area is 533 Å². The standard InChI is InChI=1S/C79H155NO5/c1-3-5-7-9-11-13-15-16-17-18-19-20-21-33-36-39-42-45-48-52-55-59-63-67-71-77(82)76(75-81)80-78(83)72-68-64-60-56-53-49-46-43-40-37-34-31-29-27-25-23-22-24-26-28-30-32-35-38-41-44-47-50-54-58-62-66-70-74-85-79(84)73-69-65-61-57-51-14-12-10-8-6-4-2/h26,28,76-77,81-82H,3-25,27,29-75H2,1-2H3,(H,80,83)/b28-26-. The lowest BCUT2D eigenvalue weighted by atomic mass is 10.0. The van der Waals surface area contributed by atoms with Crippen molar-refractivity contribution in [2.24, 2.45) is 0 Å². The molecule has 2 unspecified atom stereocenters. The number of aliphatic hydroxyl groups is 2. The Hall–Kier alpha value is -1.40. The summed E-state index contributed by atoms with van der Waals surface area (Å²) in [6, 6.07) is -0.540. The number of aliphatic hydroxyl groups excluding tert-OH is 2. The highest BCUT2D eigenvalue weighted by atomic mass is 16.5. The van der Waals surface area contributed by atoms with Gasteiger partial charge in [0.15, 0.2) is 0 Å². The van der Waals surface area contributed by atoms with Crippen molar-refractivity contribution in [3.63, 3.8) is 0 Å². The molecule has 0 heterocycles. The summed E-state index contributed by atoms with van der Waals surface area (Å²) in [6.07, 6.45) is 94.5. The number of unbranched alkanes of at least 4 members (excludes halogenated alkanes) is 62. The van der Waals surface area contributed by atoms with E-state index in [4.69, 9.17) is 4.74 Å². The van der Waals surface area contributed by atoms with Crippen molar-refractivity contribution in [2.75, 3.05) is 13.2 Å². The van der Waals surface area contributed by atoms with Crippen LogP contribution in [-0.2, 0) is 14.3 Å². The fraction of sp³-hybridized carbons (Fsp3) is 0.949. The molecule has 0 bridgehead atoms. The summed E-state index contributed by atoms with van der Waals surface area (Å²) in [5.41, 5.74) is 0. The zero-order valence-corrected chi connectivity index (χ0v) is 58.1. The van der Waals surface area contributed by atoms with E-state index < -0.39 is 12.1 Å². The van der Waals surface area contributed by atoms with Crippen LogP contribution in [0.2, 0.25) is 0 Å². The van der Waals surface area contributed by atoms with Gasteiger partial charge in [0, 0.05) is 12.8 Å². The van der Waals surface area contributed by atoms with Crippen LogP contribution in [0, 0.1) is 0 Å². The second-order valence-electron chi connectivity index (χ2n) is 27.4. The number of carbonyl (C=O) groups excluding carboxylic acids is 2. The third-order valence-electron chi connectivity index (χ3n) is 18.8. The lowest BCUT2D eigenvalue weighted by Gasteiger charge is -2.22. The van der Waals surface area contributed by atoms with Gasteiger partial charge in [-0.1, -0.05) is 405 Å². The van der Waals surface area contributed by atoms with Crippen molar-refractivity contribution in [2.45, 2.75) is 469 Å². The second-order valence-corrected chi connectivity index (χ2v) is 27.4. The molecular weight excluding hydrogens is 1040 g/mol. The first-order chi connectivity index (χ1) is 42.0. The van der Waals surface area contributed by atoms with Gasteiger partial charge >= 0.3 is 5.97 Å². The number of esters is 1. The number of nitrogens with one attached hydrogen (secondary N) is 1. The Kier molecular flexibility index (Phi) is 73.8. The van der Waals surface area contributed by atoms with E-state index in [1.54, 1.807) is 0 Å². The minimum Gasteiger partial charge on any atom is -0.466 e. The summed E-state index contributed by atoms with van der Waals surface area (Å²) in [4.78, 5) is 24.6. The molecule has 6 nitrogen and oxygen atoms in total. The number of rotatable bonds is 75. The van der Waals surface area contributed by atoms with Crippen molar-refractivity contribution in [3.8, 4) is 0 Å². The van der Waals surface area contributed by atoms with Gasteiger partial charge in [0.1, 0.15) is 0 Å². The van der Waals surface area contributed by atoms with Crippen LogP contribution in [-0.4, -0.2) is 47.4 Å². The van der Waals surface area contributed by atoms with E-state index in [1.165, 1.54) is 385 Å². The predicted molar refractivity (Wildman–Crippen MR) is 375 cm³/mol. The summed E-state index contributed by atoms with van der Waals surface area (Å²) in [5, 5.41) is 23.5. The van der Waals surface area contributed by atoms with Crippen LogP contribution in [0.25, 0.3) is 0 Å². The number of carbonyl (C=O) groups is 2. The zero-order chi connectivity index (χ0) is 61.3. The highest BCUT2D eigenvalue weighted by Crippen LogP contribution is 2.20. The van der Waals surface area contributed by atoms with E-state index in [2.05, 4.69) is 31.3 Å². The fourth-order valence-electron chi connectivity index (χ4n) is 12.8. The molecule has 506 valence electrons. The Morgan fingerprint density at radius 1 is 0.318 bits per heavy atom. The summed E-state index contributed by atoms with van der Waals surface area (Å²) in [7, 11) is 0. The Balaban J connectivity index is 3.35. The lowest BCUT2D eigenvalue weighted by molar-refractivity contribution is -0.143. The Morgan fingerprint density at radius 3 is 0.835 bits per heavy atom. The van der Waals surface area contributed by atoms with Crippen molar-refractivity contribution in [1.82, 2.24) is 5.32 Å². The predicted octanol–water partition coefficient (Wildman–Crippen LogP) is 25.9. The highest BCUT2D eigenvalue weighted by Gasteiger charge is 2.20. The maximum absolute atomic E-state index is 12.6. The van der Waals surface area contributed by atoms with Crippen LogP contribution in [0.4, 0.5) is 0 Å². The SMILES string of the molecule is CCCCCCCCCCCCCCCCCCCCCCCCCCC(O)C(CO)NC(=O)CCCCCCCCCCCCCCCCCCC/C=C\CCCCCCCCCCCCCCOC(=O)CCCCCCCCCCCCC. The Morgan fingerprint density at radius 2 is 0.553 bits per heavy atom. The molecule has 0 aliphatic rings. The van der Waals surface area contributed by atoms with Gasteiger partial charge in [0.25, 0.3) is 0 Å². The van der Waals surface area contributed by atoms with Gasteiger partial charge in [0.05, 0.1) is 25.4 Å². The minimum absolute atomic E-state index is 0.0195. The minimum atomic E-state index is -0.663. The molecule has 2 atom stereocenters. The van der Waals surface area contributed by atoms with E-state index in [0.29, 0.717) is 25.9 Å². The number of hydrogen-bond acceptors (Lipinski definition) is 5. The van der Waals surface area contributed by atoms with Gasteiger partial charge in [-0.15, -0.1) is 0 Å². The first-order valence-corrected chi connectivity index (χ1v) is 39.4. The average molecular weight is 1200 g/mol. The van der Waals surface area contributed by atoms with Crippen LogP contribution >= 0.6 is 0 Å². The molecule has 0 spiro atoms. The van der Waals surface area contributed by atoms with E-state index >= 15 is 0 Å². The van der Waals surface area contributed by atoms with E-state index in [9.17, 15) is 19.8 Å². The van der Waals surface area contributed by atoms with Crippen LogP contribution in [0.15, 0.2) is 12.2 Å². The number of hydrogen-bond donors (Lipinski definition) is 3. The first kappa shape index (κ1) is 83.6. The third-order valence-corrected chi connectivity index (χ3v) is 18.8. The normalized spacial score (nSPS) is 12.5. The van der Waals surface area contributed by atoms with Crippen LogP contribution in [0.1, 0.15) is 457 Å². The molecule has 0 saturated heterocycles. The highest BCUT2D eigenvalue weighted by molar-refractivity contribution is 5.76. The summed E-state index contributed by atoms with van der Waals surface area (Å²) in [5.74, 6) is -0.00617. The maximum Gasteiger partial charge on any atom is 0.305 e. The molecule has 0 aromatic carbocycles. The fourth-order valence-corrected chi connectivity index (χ4v) is 12.8. The molecule has 0 aromatic rings. The largest absolute Gasteiger partial charge is 0.466 e. The molecule has 0 saturated carbocycles. The molecule has 0 rings (SSSR count). The van der Waals surface area contributed by atoms with Crippen LogP contribution < -0.4 is 5.32 Å². The smallest absolute Gasteiger partial charge is 0.305 e. The number of amides is 1. The summed E-state index contributed by atoms with van der Waals surface area (Å²) in [6.45, 7) is 5.00. The van der Waals surface area contributed by atoms with Gasteiger partial charge in [-0.3, -0.25) is 9.59 Å². The van der Waals surface area contributed by atoms with E-state index in [0.717, 1.165) is 38.5 Å². The van der Waals surface area contributed by atoms with Gasteiger partial charge in [-0.25, -0.2) is 0 Å². The molecular formula is C79H155NO5. The van der Waals surface area contributed by atoms with Crippen molar-refractivity contribution >= 4 is 11.9 Å². The van der Waals surface area contributed by atoms with E-state index in [-0.39, 0.29) is 18.5 Å². The monoisotopic (exact) mass is 1200 g/mol. The maximum atomic E-state index is 12.6. The molecule has 0 fully saturated rings. The van der Waals surface area contributed by atoms with Gasteiger partial charge in [0.2, 0.25) is 5.91 Å². The zero-order valence-electron chi connectivity index (χ0n) is 58.1. The molecule has 0 aliphatic heterocycles. The average Bonchev–Trinajstić information content (AvgIpc) is 3.55. The molecule has 1 amide bonds. The second kappa shape index (κ2) is 75.1. The topological polar surface area (TPSA) is 95.9 Å². The van der Waals surface area contributed by atoms with Gasteiger partial charge < -0.3 is 20.3 Å². The molecule has 0 aliphatic carbocycles. The number of allylic oxidation sites excluding steroid dienone is 2. The quantitative estimate of drug-likeness (QED) is 0.0320.